The van der Waals surface area contributed by atoms with Crippen LogP contribution in [0, 0.1) is 0 Å². The van der Waals surface area contributed by atoms with Crippen molar-refractivity contribution >= 4 is 22.7 Å². The number of nitrogens with one attached hydrogen (secondary N) is 2. The molecule has 0 fully saturated rings. The molecule has 8 aromatic carbocycles. The zero-order valence-electron chi connectivity index (χ0n) is 27.6. The molecule has 50 heavy (non-hydrogen) atoms. The lowest BCUT2D eigenvalue weighted by Gasteiger charge is -2.16. The Bertz CT molecular complexity index is 2350. The summed E-state index contributed by atoms with van der Waals surface area (Å²) in [6.45, 7) is 0. The normalized spacial score (nSPS) is 10.8. The molecule has 0 heterocycles. The van der Waals surface area contributed by atoms with Gasteiger partial charge in [0.05, 0.1) is 0 Å². The second-order valence-electron chi connectivity index (χ2n) is 12.4. The second kappa shape index (κ2) is 14.2. The molecule has 8 aromatic rings. The van der Waals surface area contributed by atoms with Crippen LogP contribution in [0.4, 0.5) is 22.7 Å². The standard InChI is InChI=1S/C48H36N2/c1-4-14-35(15-5-1)38-18-12-20-40(32-38)41-28-31-46(48(34-41)50-43-22-8-3-9-23-43)42-21-13-19-39(33-42)36-26-29-44(30-27-36)49-47-25-11-10-24-45(47)37-16-6-2-7-17-37/h1-34,49-50H. The summed E-state index contributed by atoms with van der Waals surface area (Å²) in [5.74, 6) is 0. The van der Waals surface area contributed by atoms with Crippen LogP contribution in [0.2, 0.25) is 0 Å². The van der Waals surface area contributed by atoms with E-state index in [1.807, 2.05) is 6.07 Å². The number of rotatable bonds is 9. The van der Waals surface area contributed by atoms with Crippen molar-refractivity contribution in [2.75, 3.05) is 10.6 Å². The van der Waals surface area contributed by atoms with E-state index < -0.39 is 0 Å². The van der Waals surface area contributed by atoms with Gasteiger partial charge in [-0.2, -0.15) is 0 Å². The predicted molar refractivity (Wildman–Crippen MR) is 213 cm³/mol. The fourth-order valence-corrected chi connectivity index (χ4v) is 6.49. The van der Waals surface area contributed by atoms with Crippen molar-refractivity contribution in [3.8, 4) is 55.6 Å². The van der Waals surface area contributed by atoms with Crippen LogP contribution in [0.3, 0.4) is 0 Å². The first kappa shape index (κ1) is 30.7. The van der Waals surface area contributed by atoms with E-state index in [1.54, 1.807) is 0 Å². The Morgan fingerprint density at radius 1 is 0.220 bits per heavy atom. The zero-order valence-corrected chi connectivity index (χ0v) is 27.6. The minimum absolute atomic E-state index is 1.05. The highest BCUT2D eigenvalue weighted by molar-refractivity contribution is 5.88. The van der Waals surface area contributed by atoms with Gasteiger partial charge in [0, 0.05) is 33.9 Å². The van der Waals surface area contributed by atoms with Gasteiger partial charge in [0.25, 0.3) is 0 Å². The van der Waals surface area contributed by atoms with Crippen LogP contribution in [0.25, 0.3) is 55.6 Å². The highest BCUT2D eigenvalue weighted by atomic mass is 14.9. The molecule has 0 saturated heterocycles. The van der Waals surface area contributed by atoms with E-state index >= 15 is 0 Å². The molecule has 0 aliphatic heterocycles. The Hall–Kier alpha value is -6.64. The average molecular weight is 641 g/mol. The van der Waals surface area contributed by atoms with Gasteiger partial charge in [-0.3, -0.25) is 0 Å². The molecule has 2 heteroatoms. The molecular formula is C48H36N2. The quantitative estimate of drug-likeness (QED) is 0.164. The Morgan fingerprint density at radius 2 is 0.640 bits per heavy atom. The van der Waals surface area contributed by atoms with Gasteiger partial charge in [0.15, 0.2) is 0 Å². The first-order valence-corrected chi connectivity index (χ1v) is 17.0. The number of hydrogen-bond acceptors (Lipinski definition) is 2. The topological polar surface area (TPSA) is 24.1 Å². The molecule has 0 bridgehead atoms. The van der Waals surface area contributed by atoms with E-state index in [9.17, 15) is 0 Å². The lowest BCUT2D eigenvalue weighted by atomic mass is 9.94. The van der Waals surface area contributed by atoms with Crippen molar-refractivity contribution in [1.29, 1.82) is 0 Å². The molecule has 2 nitrogen and oxygen atoms in total. The maximum atomic E-state index is 3.73. The number of hydrogen-bond donors (Lipinski definition) is 2. The van der Waals surface area contributed by atoms with E-state index in [0.717, 1.165) is 39.4 Å². The number of para-hydroxylation sites is 2. The van der Waals surface area contributed by atoms with E-state index in [-0.39, 0.29) is 0 Å². The lowest BCUT2D eigenvalue weighted by molar-refractivity contribution is 1.51. The molecule has 0 aromatic heterocycles. The highest BCUT2D eigenvalue weighted by Gasteiger charge is 2.12. The maximum absolute atomic E-state index is 3.73. The van der Waals surface area contributed by atoms with Gasteiger partial charge < -0.3 is 10.6 Å². The maximum Gasteiger partial charge on any atom is 0.0470 e. The van der Waals surface area contributed by atoms with Gasteiger partial charge in [-0.05, 0) is 93.0 Å². The minimum Gasteiger partial charge on any atom is -0.355 e. The summed E-state index contributed by atoms with van der Waals surface area (Å²) in [7, 11) is 0. The van der Waals surface area contributed by atoms with E-state index in [0.29, 0.717) is 0 Å². The Morgan fingerprint density at radius 3 is 1.34 bits per heavy atom. The van der Waals surface area contributed by atoms with Crippen molar-refractivity contribution in [2.24, 2.45) is 0 Å². The van der Waals surface area contributed by atoms with Gasteiger partial charge in [-0.1, -0.05) is 158 Å². The van der Waals surface area contributed by atoms with Gasteiger partial charge in [-0.25, -0.2) is 0 Å². The predicted octanol–water partition coefficient (Wildman–Crippen LogP) is 13.5. The Labute approximate surface area is 294 Å². The fourth-order valence-electron chi connectivity index (χ4n) is 6.49. The van der Waals surface area contributed by atoms with Crippen LogP contribution in [-0.2, 0) is 0 Å². The van der Waals surface area contributed by atoms with Crippen molar-refractivity contribution in [3.05, 3.63) is 206 Å². The molecule has 0 saturated carbocycles. The zero-order chi connectivity index (χ0) is 33.5. The molecular weight excluding hydrogens is 605 g/mol. The van der Waals surface area contributed by atoms with Gasteiger partial charge >= 0.3 is 0 Å². The van der Waals surface area contributed by atoms with Gasteiger partial charge in [0.2, 0.25) is 0 Å². The molecule has 0 unspecified atom stereocenters. The number of anilines is 4. The summed E-state index contributed by atoms with van der Waals surface area (Å²) in [6.07, 6.45) is 0. The Balaban J connectivity index is 1.10. The molecule has 0 aliphatic rings. The molecule has 8 rings (SSSR count). The molecule has 0 amide bonds. The summed E-state index contributed by atoms with van der Waals surface area (Å²) in [6, 6.07) is 72.9. The molecule has 2 N–H and O–H groups in total. The second-order valence-corrected chi connectivity index (χ2v) is 12.4. The first-order valence-electron chi connectivity index (χ1n) is 17.0. The first-order chi connectivity index (χ1) is 24.8. The fraction of sp³-hybridized carbons (Fsp3) is 0. The molecule has 0 aliphatic carbocycles. The molecule has 238 valence electrons. The van der Waals surface area contributed by atoms with Crippen LogP contribution >= 0.6 is 0 Å². The van der Waals surface area contributed by atoms with Crippen LogP contribution < -0.4 is 10.6 Å². The lowest BCUT2D eigenvalue weighted by Crippen LogP contribution is -1.95. The summed E-state index contributed by atoms with van der Waals surface area (Å²) >= 11 is 0. The van der Waals surface area contributed by atoms with Crippen LogP contribution in [-0.4, -0.2) is 0 Å². The summed E-state index contributed by atoms with van der Waals surface area (Å²) < 4.78 is 0. The third-order valence-corrected chi connectivity index (χ3v) is 9.06. The summed E-state index contributed by atoms with van der Waals surface area (Å²) in [5.41, 5.74) is 16.0. The van der Waals surface area contributed by atoms with Gasteiger partial charge in [0.1, 0.15) is 0 Å². The highest BCUT2D eigenvalue weighted by Crippen LogP contribution is 2.38. The average Bonchev–Trinajstić information content (AvgIpc) is 3.19. The van der Waals surface area contributed by atoms with Crippen LogP contribution in [0.15, 0.2) is 206 Å². The molecule has 0 spiro atoms. The van der Waals surface area contributed by atoms with Crippen molar-refractivity contribution in [1.82, 2.24) is 0 Å². The van der Waals surface area contributed by atoms with E-state index in [2.05, 4.69) is 211 Å². The van der Waals surface area contributed by atoms with E-state index in [1.165, 1.54) is 38.9 Å². The van der Waals surface area contributed by atoms with Gasteiger partial charge in [-0.15, -0.1) is 0 Å². The summed E-state index contributed by atoms with van der Waals surface area (Å²) in [4.78, 5) is 0. The van der Waals surface area contributed by atoms with Crippen molar-refractivity contribution in [2.45, 2.75) is 0 Å². The third-order valence-electron chi connectivity index (χ3n) is 9.06. The largest absolute Gasteiger partial charge is 0.355 e. The van der Waals surface area contributed by atoms with Crippen LogP contribution in [0.5, 0.6) is 0 Å². The van der Waals surface area contributed by atoms with Crippen molar-refractivity contribution in [3.63, 3.8) is 0 Å². The van der Waals surface area contributed by atoms with E-state index in [4.69, 9.17) is 0 Å². The SMILES string of the molecule is c1ccc(Nc2cc(-c3cccc(-c4ccccc4)c3)ccc2-c2cccc(-c3ccc(Nc4ccccc4-c4ccccc4)cc3)c2)cc1. The monoisotopic (exact) mass is 640 g/mol. The third kappa shape index (κ3) is 6.82. The molecule has 0 atom stereocenters. The summed E-state index contributed by atoms with van der Waals surface area (Å²) in [5, 5.41) is 7.37. The van der Waals surface area contributed by atoms with Crippen molar-refractivity contribution < 1.29 is 0 Å². The minimum atomic E-state index is 1.05. The Kier molecular flexibility index (Phi) is 8.73. The number of benzene rings is 8. The smallest absolute Gasteiger partial charge is 0.0470 e. The van der Waals surface area contributed by atoms with Crippen LogP contribution in [0.1, 0.15) is 0 Å². The molecule has 0 radical (unpaired) electrons.